The van der Waals surface area contributed by atoms with Crippen LogP contribution in [0.3, 0.4) is 0 Å². The summed E-state index contributed by atoms with van der Waals surface area (Å²) in [7, 11) is 0. The summed E-state index contributed by atoms with van der Waals surface area (Å²) in [5, 5.41) is 9.11. The van der Waals surface area contributed by atoms with Crippen LogP contribution in [0.1, 0.15) is 24.4 Å². The minimum atomic E-state index is -0.944. The molecule has 0 bridgehead atoms. The zero-order chi connectivity index (χ0) is 15.6. The van der Waals surface area contributed by atoms with Crippen LogP contribution < -0.4 is 5.73 Å². The normalized spacial score (nSPS) is 21.0. The predicted molar refractivity (Wildman–Crippen MR) is 78.0 cm³/mol. The summed E-state index contributed by atoms with van der Waals surface area (Å²) in [6, 6.07) is 3.45. The van der Waals surface area contributed by atoms with Gasteiger partial charge in [-0.15, -0.1) is 0 Å². The maximum absolute atomic E-state index is 14.1. The van der Waals surface area contributed by atoms with Crippen molar-refractivity contribution >= 4 is 27.8 Å². The molecule has 2 unspecified atom stereocenters. The Kier molecular flexibility index (Phi) is 4.95. The second-order valence-corrected chi connectivity index (χ2v) is 6.06. The number of aliphatic carboxylic acids is 1. The van der Waals surface area contributed by atoms with E-state index in [4.69, 9.17) is 10.8 Å². The van der Waals surface area contributed by atoms with E-state index in [0.717, 1.165) is 0 Å². The Morgan fingerprint density at radius 3 is 2.76 bits per heavy atom. The number of nitrogens with zero attached hydrogens (tertiary/aromatic N) is 1. The third-order valence-corrected chi connectivity index (χ3v) is 4.19. The zero-order valence-corrected chi connectivity index (χ0v) is 12.8. The SMILES string of the molecule is NC(=O)C(c1ccc(Br)cc1F)N1CCCC(C(=O)O)C1. The molecule has 21 heavy (non-hydrogen) atoms. The Hall–Kier alpha value is -1.47. The molecule has 7 heteroatoms. The number of likely N-dealkylation sites (tertiary alicyclic amines) is 1. The van der Waals surface area contributed by atoms with Crippen LogP contribution in [-0.4, -0.2) is 35.0 Å². The number of carboxylic acids is 1. The molecule has 0 aromatic heterocycles. The van der Waals surface area contributed by atoms with E-state index in [0.29, 0.717) is 23.9 Å². The van der Waals surface area contributed by atoms with Crippen molar-refractivity contribution in [3.63, 3.8) is 0 Å². The summed E-state index contributed by atoms with van der Waals surface area (Å²) >= 11 is 3.16. The molecule has 3 N–H and O–H groups in total. The van der Waals surface area contributed by atoms with Crippen LogP contribution in [0.4, 0.5) is 4.39 Å². The van der Waals surface area contributed by atoms with E-state index in [1.54, 1.807) is 11.0 Å². The maximum atomic E-state index is 14.1. The van der Waals surface area contributed by atoms with Gasteiger partial charge in [0.05, 0.1) is 5.92 Å². The van der Waals surface area contributed by atoms with Gasteiger partial charge < -0.3 is 10.8 Å². The van der Waals surface area contributed by atoms with Crippen LogP contribution in [0.15, 0.2) is 22.7 Å². The Labute approximate surface area is 130 Å². The van der Waals surface area contributed by atoms with Crippen LogP contribution in [0, 0.1) is 11.7 Å². The van der Waals surface area contributed by atoms with Crippen molar-refractivity contribution in [3.8, 4) is 0 Å². The average Bonchev–Trinajstić information content (AvgIpc) is 2.41. The molecule has 1 saturated heterocycles. The molecule has 114 valence electrons. The van der Waals surface area contributed by atoms with Crippen molar-refractivity contribution in [2.75, 3.05) is 13.1 Å². The molecule has 1 amide bonds. The number of primary amides is 1. The van der Waals surface area contributed by atoms with Crippen molar-refractivity contribution in [2.24, 2.45) is 11.7 Å². The summed E-state index contributed by atoms with van der Waals surface area (Å²) in [4.78, 5) is 24.5. The lowest BCUT2D eigenvalue weighted by atomic mass is 9.94. The van der Waals surface area contributed by atoms with Gasteiger partial charge in [-0.2, -0.15) is 0 Å². The number of amides is 1. The highest BCUT2D eigenvalue weighted by Gasteiger charge is 2.34. The third kappa shape index (κ3) is 3.59. The van der Waals surface area contributed by atoms with E-state index in [2.05, 4.69) is 15.9 Å². The van der Waals surface area contributed by atoms with Crippen molar-refractivity contribution in [1.29, 1.82) is 0 Å². The lowest BCUT2D eigenvalue weighted by Gasteiger charge is -2.35. The first kappa shape index (κ1) is 15.9. The summed E-state index contributed by atoms with van der Waals surface area (Å²) < 4.78 is 14.7. The highest BCUT2D eigenvalue weighted by molar-refractivity contribution is 9.10. The Balaban J connectivity index is 2.30. The molecule has 0 spiro atoms. The molecule has 1 heterocycles. The van der Waals surface area contributed by atoms with Crippen molar-refractivity contribution in [2.45, 2.75) is 18.9 Å². The fourth-order valence-electron chi connectivity index (χ4n) is 2.70. The first-order chi connectivity index (χ1) is 9.90. The number of carboxylic acid groups (broad SMARTS) is 1. The molecule has 2 atom stereocenters. The summed E-state index contributed by atoms with van der Waals surface area (Å²) in [5.41, 5.74) is 5.60. The van der Waals surface area contributed by atoms with Gasteiger partial charge in [-0.25, -0.2) is 4.39 Å². The van der Waals surface area contributed by atoms with Gasteiger partial charge in [-0.1, -0.05) is 22.0 Å². The maximum Gasteiger partial charge on any atom is 0.307 e. The molecule has 1 fully saturated rings. The van der Waals surface area contributed by atoms with E-state index in [9.17, 15) is 14.0 Å². The standard InChI is InChI=1S/C14H16BrFN2O3/c15-9-3-4-10(11(16)6-9)12(13(17)19)18-5-1-2-8(7-18)14(20)21/h3-4,6,8,12H,1-2,5,7H2,(H2,17,19)(H,20,21). The van der Waals surface area contributed by atoms with E-state index < -0.39 is 29.7 Å². The molecule has 0 aliphatic carbocycles. The fourth-order valence-corrected chi connectivity index (χ4v) is 3.03. The fraction of sp³-hybridized carbons (Fsp3) is 0.429. The summed E-state index contributed by atoms with van der Waals surface area (Å²) in [5.74, 6) is -2.67. The number of piperidine rings is 1. The molecule has 1 aliphatic heterocycles. The minimum absolute atomic E-state index is 0.178. The van der Waals surface area contributed by atoms with E-state index in [1.165, 1.54) is 12.1 Å². The molecule has 1 aromatic carbocycles. The first-order valence-corrected chi connectivity index (χ1v) is 7.40. The molecular weight excluding hydrogens is 343 g/mol. The van der Waals surface area contributed by atoms with Crippen LogP contribution in [-0.2, 0) is 9.59 Å². The largest absolute Gasteiger partial charge is 0.481 e. The van der Waals surface area contributed by atoms with Crippen LogP contribution in [0.2, 0.25) is 0 Å². The molecule has 1 aliphatic rings. The van der Waals surface area contributed by atoms with Gasteiger partial charge in [-0.3, -0.25) is 14.5 Å². The Morgan fingerprint density at radius 1 is 1.48 bits per heavy atom. The smallest absolute Gasteiger partial charge is 0.307 e. The molecule has 1 aromatic rings. The highest BCUT2D eigenvalue weighted by atomic mass is 79.9. The van der Waals surface area contributed by atoms with Crippen LogP contribution in [0.5, 0.6) is 0 Å². The van der Waals surface area contributed by atoms with Gasteiger partial charge in [0, 0.05) is 16.6 Å². The van der Waals surface area contributed by atoms with Gasteiger partial charge in [0.2, 0.25) is 5.91 Å². The van der Waals surface area contributed by atoms with Gasteiger partial charge in [0.15, 0.2) is 0 Å². The quantitative estimate of drug-likeness (QED) is 0.860. The van der Waals surface area contributed by atoms with Gasteiger partial charge >= 0.3 is 5.97 Å². The monoisotopic (exact) mass is 358 g/mol. The van der Waals surface area contributed by atoms with Crippen LogP contribution in [0.25, 0.3) is 0 Å². The number of rotatable bonds is 4. The summed E-state index contributed by atoms with van der Waals surface area (Å²) in [6.07, 6.45) is 1.19. The Bertz CT molecular complexity index is 567. The number of carbonyl (C=O) groups excluding carboxylic acids is 1. The lowest BCUT2D eigenvalue weighted by Crippen LogP contribution is -2.45. The zero-order valence-electron chi connectivity index (χ0n) is 11.3. The number of halogens is 2. The number of benzene rings is 1. The van der Waals surface area contributed by atoms with Gasteiger partial charge in [-0.05, 0) is 31.5 Å². The van der Waals surface area contributed by atoms with E-state index in [-0.39, 0.29) is 12.1 Å². The molecular formula is C14H16BrFN2O3. The van der Waals surface area contributed by atoms with Gasteiger partial charge in [0.1, 0.15) is 11.9 Å². The second kappa shape index (κ2) is 6.53. The molecule has 0 radical (unpaired) electrons. The van der Waals surface area contributed by atoms with E-state index in [1.807, 2.05) is 0 Å². The van der Waals surface area contributed by atoms with Crippen molar-refractivity contribution in [3.05, 3.63) is 34.1 Å². The van der Waals surface area contributed by atoms with Crippen LogP contribution >= 0.6 is 15.9 Å². The number of carbonyl (C=O) groups is 2. The lowest BCUT2D eigenvalue weighted by molar-refractivity contribution is -0.145. The first-order valence-electron chi connectivity index (χ1n) is 6.61. The molecule has 0 saturated carbocycles. The number of hydrogen-bond acceptors (Lipinski definition) is 3. The Morgan fingerprint density at radius 2 is 2.19 bits per heavy atom. The summed E-state index contributed by atoms with van der Waals surface area (Å²) in [6.45, 7) is 0.714. The van der Waals surface area contributed by atoms with E-state index >= 15 is 0 Å². The number of hydrogen-bond donors (Lipinski definition) is 2. The second-order valence-electron chi connectivity index (χ2n) is 5.14. The predicted octanol–water partition coefficient (Wildman–Crippen LogP) is 1.91. The number of nitrogens with two attached hydrogens (primary N) is 1. The van der Waals surface area contributed by atoms with Crippen molar-refractivity contribution in [1.82, 2.24) is 4.90 Å². The molecule has 5 nitrogen and oxygen atoms in total. The topological polar surface area (TPSA) is 83.6 Å². The molecule has 2 rings (SSSR count). The van der Waals surface area contributed by atoms with Crippen molar-refractivity contribution < 1.29 is 19.1 Å². The third-order valence-electron chi connectivity index (χ3n) is 3.69. The highest BCUT2D eigenvalue weighted by Crippen LogP contribution is 2.29. The van der Waals surface area contributed by atoms with Gasteiger partial charge in [0.25, 0.3) is 0 Å². The minimum Gasteiger partial charge on any atom is -0.481 e. The average molecular weight is 359 g/mol.